The second-order valence-corrected chi connectivity index (χ2v) is 3.76. The molecule has 1 rings (SSSR count). The molecule has 1 aromatic rings. The maximum atomic E-state index is 11.5. The van der Waals surface area contributed by atoms with E-state index in [1.165, 1.54) is 26.4 Å². The number of carboxylic acid groups (broad SMARTS) is 1. The highest BCUT2D eigenvalue weighted by atomic mass is 35.5. The number of nitrogens with one attached hydrogen (secondary N) is 1. The zero-order valence-corrected chi connectivity index (χ0v) is 11.0. The largest absolute Gasteiger partial charge is 0.495 e. The van der Waals surface area contributed by atoms with Crippen molar-refractivity contribution in [3.05, 3.63) is 29.3 Å². The SMILES string of the molecule is COc1cc(OC)c(NC(=O)/C=C/C(=O)O)cc1Cl. The summed E-state index contributed by atoms with van der Waals surface area (Å²) >= 11 is 5.93. The third-order valence-electron chi connectivity index (χ3n) is 2.11. The van der Waals surface area contributed by atoms with Crippen LogP contribution in [0.25, 0.3) is 0 Å². The number of hydrogen-bond donors (Lipinski definition) is 2. The van der Waals surface area contributed by atoms with Crippen LogP contribution in [-0.2, 0) is 9.59 Å². The summed E-state index contributed by atoms with van der Waals surface area (Å²) in [5.41, 5.74) is 0.313. The molecule has 7 heteroatoms. The standard InChI is InChI=1S/C12H12ClNO5/c1-18-9-6-10(19-2)8(5-7(9)13)14-11(15)3-4-12(16)17/h3-6H,1-2H3,(H,14,15)(H,16,17)/b4-3+. The minimum absolute atomic E-state index is 0.292. The number of ether oxygens (including phenoxy) is 2. The average molecular weight is 286 g/mol. The highest BCUT2D eigenvalue weighted by molar-refractivity contribution is 6.32. The van der Waals surface area contributed by atoms with Gasteiger partial charge < -0.3 is 19.9 Å². The predicted octanol–water partition coefficient (Wildman–Crippen LogP) is 1.94. The third-order valence-corrected chi connectivity index (χ3v) is 2.40. The number of rotatable bonds is 5. The van der Waals surface area contributed by atoms with E-state index in [0.29, 0.717) is 22.2 Å². The van der Waals surface area contributed by atoms with Gasteiger partial charge in [-0.15, -0.1) is 0 Å². The van der Waals surface area contributed by atoms with E-state index in [2.05, 4.69) is 5.32 Å². The Bertz CT molecular complexity index is 527. The normalized spacial score (nSPS) is 10.3. The van der Waals surface area contributed by atoms with Crippen molar-refractivity contribution >= 4 is 29.2 Å². The van der Waals surface area contributed by atoms with Crippen molar-refractivity contribution in [2.24, 2.45) is 0 Å². The Kier molecular flexibility index (Phi) is 5.20. The monoisotopic (exact) mass is 285 g/mol. The van der Waals surface area contributed by atoms with Crippen LogP contribution in [0, 0.1) is 0 Å². The van der Waals surface area contributed by atoms with E-state index < -0.39 is 11.9 Å². The van der Waals surface area contributed by atoms with Crippen LogP contribution in [0.5, 0.6) is 11.5 Å². The molecule has 0 unspecified atom stereocenters. The summed E-state index contributed by atoms with van der Waals surface area (Å²) in [4.78, 5) is 21.7. The lowest BCUT2D eigenvalue weighted by molar-refractivity contribution is -0.131. The number of aliphatic carboxylic acids is 1. The van der Waals surface area contributed by atoms with Crippen LogP contribution >= 0.6 is 11.6 Å². The molecule has 2 N–H and O–H groups in total. The lowest BCUT2D eigenvalue weighted by Gasteiger charge is -2.12. The Morgan fingerprint density at radius 1 is 1.21 bits per heavy atom. The Labute approximate surface area is 114 Å². The number of methoxy groups -OCH3 is 2. The third kappa shape index (κ3) is 4.18. The first-order valence-electron chi connectivity index (χ1n) is 5.11. The second kappa shape index (κ2) is 6.65. The predicted molar refractivity (Wildman–Crippen MR) is 70.0 cm³/mol. The number of carbonyl (C=O) groups is 2. The van der Waals surface area contributed by atoms with Gasteiger partial charge in [0, 0.05) is 18.2 Å². The van der Waals surface area contributed by atoms with Crippen molar-refractivity contribution in [1.29, 1.82) is 0 Å². The molecule has 0 fully saturated rings. The van der Waals surface area contributed by atoms with Crippen molar-refractivity contribution in [3.8, 4) is 11.5 Å². The molecule has 1 aromatic carbocycles. The number of hydrogen-bond acceptors (Lipinski definition) is 4. The molecule has 1 amide bonds. The van der Waals surface area contributed by atoms with Crippen molar-refractivity contribution in [1.82, 2.24) is 0 Å². The molecule has 0 aromatic heterocycles. The fraction of sp³-hybridized carbons (Fsp3) is 0.167. The minimum atomic E-state index is -1.21. The molecular weight excluding hydrogens is 274 g/mol. The number of carbonyl (C=O) groups excluding carboxylic acids is 1. The summed E-state index contributed by atoms with van der Waals surface area (Å²) in [6.07, 6.45) is 1.62. The van der Waals surface area contributed by atoms with E-state index in [0.717, 1.165) is 12.2 Å². The highest BCUT2D eigenvalue weighted by Crippen LogP contribution is 2.35. The van der Waals surface area contributed by atoms with E-state index >= 15 is 0 Å². The zero-order chi connectivity index (χ0) is 14.4. The van der Waals surface area contributed by atoms with E-state index in [4.69, 9.17) is 26.2 Å². The summed E-state index contributed by atoms with van der Waals surface area (Å²) in [5.74, 6) is -1.08. The Balaban J connectivity index is 2.97. The van der Waals surface area contributed by atoms with Gasteiger partial charge in [-0.25, -0.2) is 4.79 Å². The van der Waals surface area contributed by atoms with Gasteiger partial charge in [0.2, 0.25) is 5.91 Å². The van der Waals surface area contributed by atoms with E-state index in [1.54, 1.807) is 0 Å². The number of halogens is 1. The van der Waals surface area contributed by atoms with Crippen LogP contribution in [0.2, 0.25) is 5.02 Å². The summed E-state index contributed by atoms with van der Waals surface area (Å²) in [5, 5.41) is 11.2. The lowest BCUT2D eigenvalue weighted by atomic mass is 10.2. The maximum Gasteiger partial charge on any atom is 0.328 e. The number of benzene rings is 1. The Morgan fingerprint density at radius 2 is 1.84 bits per heavy atom. The summed E-state index contributed by atoms with van der Waals surface area (Å²) in [6, 6.07) is 2.96. The molecule has 0 aliphatic rings. The first-order chi connectivity index (χ1) is 8.97. The molecule has 0 spiro atoms. The second-order valence-electron chi connectivity index (χ2n) is 3.35. The van der Waals surface area contributed by atoms with Crippen molar-refractivity contribution in [2.75, 3.05) is 19.5 Å². The van der Waals surface area contributed by atoms with Crippen molar-refractivity contribution in [2.45, 2.75) is 0 Å². The van der Waals surface area contributed by atoms with Gasteiger partial charge in [0.05, 0.1) is 24.9 Å². The quantitative estimate of drug-likeness (QED) is 0.808. The first kappa shape index (κ1) is 14.8. The van der Waals surface area contributed by atoms with E-state index in [-0.39, 0.29) is 0 Å². The topological polar surface area (TPSA) is 84.9 Å². The summed E-state index contributed by atoms with van der Waals surface area (Å²) < 4.78 is 10.1. The van der Waals surface area contributed by atoms with Crippen molar-refractivity contribution in [3.63, 3.8) is 0 Å². The number of carboxylic acids is 1. The van der Waals surface area contributed by atoms with Gasteiger partial charge in [-0.2, -0.15) is 0 Å². The van der Waals surface area contributed by atoms with Gasteiger partial charge in [0.1, 0.15) is 11.5 Å². The molecule has 19 heavy (non-hydrogen) atoms. The fourth-order valence-electron chi connectivity index (χ4n) is 1.28. The molecule has 0 aliphatic heterocycles. The maximum absolute atomic E-state index is 11.5. The smallest absolute Gasteiger partial charge is 0.328 e. The average Bonchev–Trinajstić information content (AvgIpc) is 2.36. The van der Waals surface area contributed by atoms with Gasteiger partial charge in [0.15, 0.2) is 0 Å². The van der Waals surface area contributed by atoms with Crippen LogP contribution in [0.4, 0.5) is 5.69 Å². The van der Waals surface area contributed by atoms with Gasteiger partial charge in [-0.3, -0.25) is 4.79 Å². The molecule has 0 atom stereocenters. The molecule has 0 saturated heterocycles. The molecule has 0 saturated carbocycles. The number of amides is 1. The fourth-order valence-corrected chi connectivity index (χ4v) is 1.52. The molecular formula is C12H12ClNO5. The van der Waals surface area contributed by atoms with Gasteiger partial charge in [-0.1, -0.05) is 11.6 Å². The van der Waals surface area contributed by atoms with Gasteiger partial charge >= 0.3 is 5.97 Å². The van der Waals surface area contributed by atoms with Crippen LogP contribution in [-0.4, -0.2) is 31.2 Å². The molecule has 6 nitrogen and oxygen atoms in total. The zero-order valence-electron chi connectivity index (χ0n) is 10.3. The molecule has 0 bridgehead atoms. The Hall–Kier alpha value is -2.21. The summed E-state index contributed by atoms with van der Waals surface area (Å²) in [6.45, 7) is 0. The first-order valence-corrected chi connectivity index (χ1v) is 5.49. The van der Waals surface area contributed by atoms with Gasteiger partial charge in [-0.05, 0) is 6.07 Å². The van der Waals surface area contributed by atoms with Crippen LogP contribution in [0.3, 0.4) is 0 Å². The molecule has 0 radical (unpaired) electrons. The van der Waals surface area contributed by atoms with Crippen molar-refractivity contribution < 1.29 is 24.2 Å². The van der Waals surface area contributed by atoms with Crippen LogP contribution in [0.15, 0.2) is 24.3 Å². The highest BCUT2D eigenvalue weighted by Gasteiger charge is 2.11. The number of anilines is 1. The van der Waals surface area contributed by atoms with E-state index in [1.807, 2.05) is 0 Å². The van der Waals surface area contributed by atoms with E-state index in [9.17, 15) is 9.59 Å². The Morgan fingerprint density at radius 3 is 2.37 bits per heavy atom. The minimum Gasteiger partial charge on any atom is -0.495 e. The van der Waals surface area contributed by atoms with Crippen LogP contribution < -0.4 is 14.8 Å². The molecule has 0 heterocycles. The lowest BCUT2D eigenvalue weighted by Crippen LogP contribution is -2.10. The van der Waals surface area contributed by atoms with Gasteiger partial charge in [0.25, 0.3) is 0 Å². The summed E-state index contributed by atoms with van der Waals surface area (Å²) in [7, 11) is 2.87. The van der Waals surface area contributed by atoms with Crippen LogP contribution in [0.1, 0.15) is 0 Å². The molecule has 102 valence electrons. The molecule has 0 aliphatic carbocycles.